The second kappa shape index (κ2) is 11.4. The molecule has 0 unspecified atom stereocenters. The Labute approximate surface area is 228 Å². The molecule has 11 heteroatoms. The number of carbonyl (C=O) groups is 1. The van der Waals surface area contributed by atoms with E-state index in [1.54, 1.807) is 30.6 Å². The Hall–Kier alpha value is -5.58. The van der Waals surface area contributed by atoms with Crippen LogP contribution < -0.4 is 14.9 Å². The van der Waals surface area contributed by atoms with Gasteiger partial charge in [0.05, 0.1) is 11.1 Å². The van der Waals surface area contributed by atoms with E-state index in [9.17, 15) is 14.9 Å². The van der Waals surface area contributed by atoms with Gasteiger partial charge in [-0.25, -0.2) is 10.4 Å². The summed E-state index contributed by atoms with van der Waals surface area (Å²) >= 11 is 0. The maximum absolute atomic E-state index is 12.3. The highest BCUT2D eigenvalue weighted by Gasteiger charge is 2.11. The van der Waals surface area contributed by atoms with Crippen LogP contribution in [0.5, 0.6) is 17.4 Å². The Kier molecular flexibility index (Phi) is 7.45. The fourth-order valence-electron chi connectivity index (χ4n) is 4.18. The molecule has 0 aliphatic rings. The van der Waals surface area contributed by atoms with E-state index in [0.717, 1.165) is 34.2 Å². The third-order valence-electron chi connectivity index (χ3n) is 6.07. The van der Waals surface area contributed by atoms with Gasteiger partial charge in [0.15, 0.2) is 6.61 Å². The Bertz CT molecular complexity index is 1710. The first kappa shape index (κ1) is 26.0. The fraction of sp³-hybridized carbons (Fsp3) is 0.103. The first-order chi connectivity index (χ1) is 19.4. The van der Waals surface area contributed by atoms with Crippen LogP contribution in [0.15, 0.2) is 90.3 Å². The number of amides is 1. The molecule has 0 radical (unpaired) electrons. The number of aryl methyl sites for hydroxylation is 1. The van der Waals surface area contributed by atoms with Gasteiger partial charge in [0.25, 0.3) is 11.6 Å². The molecule has 1 amide bonds. The van der Waals surface area contributed by atoms with E-state index < -0.39 is 10.8 Å². The number of hydrazone groups is 1. The molecule has 2 aromatic carbocycles. The highest BCUT2D eigenvalue weighted by atomic mass is 16.6. The lowest BCUT2D eigenvalue weighted by molar-refractivity contribution is -0.385. The molecule has 1 N–H and O–H groups in total. The third-order valence-corrected chi connectivity index (χ3v) is 6.07. The predicted octanol–water partition coefficient (Wildman–Crippen LogP) is 5.27. The van der Waals surface area contributed by atoms with E-state index in [1.807, 2.05) is 60.9 Å². The summed E-state index contributed by atoms with van der Waals surface area (Å²) in [6, 6.07) is 21.4. The van der Waals surface area contributed by atoms with Crippen molar-refractivity contribution in [2.75, 3.05) is 6.61 Å². The molecule has 40 heavy (non-hydrogen) atoms. The van der Waals surface area contributed by atoms with Gasteiger partial charge in [-0.05, 0) is 56.3 Å². The van der Waals surface area contributed by atoms with Gasteiger partial charge in [-0.15, -0.1) is 0 Å². The van der Waals surface area contributed by atoms with Crippen molar-refractivity contribution in [1.82, 2.24) is 20.0 Å². The lowest BCUT2D eigenvalue weighted by atomic mass is 10.2. The number of hydrogen-bond donors (Lipinski definition) is 1. The first-order valence-electron chi connectivity index (χ1n) is 12.2. The summed E-state index contributed by atoms with van der Waals surface area (Å²) in [5.74, 6) is 0.933. The van der Waals surface area contributed by atoms with Crippen molar-refractivity contribution in [2.45, 2.75) is 13.8 Å². The number of para-hydroxylation sites is 1. The van der Waals surface area contributed by atoms with Crippen molar-refractivity contribution in [2.24, 2.45) is 5.10 Å². The molecule has 0 saturated heterocycles. The average Bonchev–Trinajstić information content (AvgIpc) is 3.25. The normalized spacial score (nSPS) is 11.1. The number of aromatic nitrogens is 3. The Balaban J connectivity index is 1.20. The second-order valence-corrected chi connectivity index (χ2v) is 8.78. The quantitative estimate of drug-likeness (QED) is 0.154. The SMILES string of the molecule is Cc1cc(/C=N\NC(=O)COc2cccc3cccnc23)c(C)n1-c1ccc(Oc2ccc([N+](=O)[O-])cn2)cc1. The van der Waals surface area contributed by atoms with Crippen molar-refractivity contribution in [1.29, 1.82) is 0 Å². The molecule has 3 aromatic heterocycles. The monoisotopic (exact) mass is 536 g/mol. The number of benzene rings is 2. The maximum Gasteiger partial charge on any atom is 0.287 e. The van der Waals surface area contributed by atoms with Gasteiger partial charge >= 0.3 is 0 Å². The Morgan fingerprint density at radius 2 is 1.88 bits per heavy atom. The number of nitro groups is 1. The van der Waals surface area contributed by atoms with Crippen LogP contribution in [0, 0.1) is 24.0 Å². The number of pyridine rings is 2. The summed E-state index contributed by atoms with van der Waals surface area (Å²) in [6.45, 7) is 3.73. The molecular formula is C29H24N6O5. The zero-order chi connectivity index (χ0) is 28.1. The predicted molar refractivity (Wildman–Crippen MR) is 149 cm³/mol. The molecule has 0 atom stereocenters. The number of ether oxygens (including phenoxy) is 2. The molecule has 0 bridgehead atoms. The molecule has 200 valence electrons. The van der Waals surface area contributed by atoms with Gasteiger partial charge in [-0.1, -0.05) is 18.2 Å². The molecule has 0 spiro atoms. The largest absolute Gasteiger partial charge is 0.481 e. The average molecular weight is 537 g/mol. The van der Waals surface area contributed by atoms with Crippen LogP contribution in [0.25, 0.3) is 16.6 Å². The van der Waals surface area contributed by atoms with Gasteiger partial charge in [-0.2, -0.15) is 5.10 Å². The Morgan fingerprint density at radius 3 is 2.62 bits per heavy atom. The third kappa shape index (κ3) is 5.78. The lowest BCUT2D eigenvalue weighted by Gasteiger charge is -2.11. The summed E-state index contributed by atoms with van der Waals surface area (Å²) in [6.07, 6.45) is 4.42. The minimum absolute atomic E-state index is 0.105. The molecular weight excluding hydrogens is 512 g/mol. The summed E-state index contributed by atoms with van der Waals surface area (Å²) in [5.41, 5.74) is 6.74. The summed E-state index contributed by atoms with van der Waals surface area (Å²) in [7, 11) is 0. The van der Waals surface area contributed by atoms with Crippen LogP contribution in [0.1, 0.15) is 17.0 Å². The van der Waals surface area contributed by atoms with Crippen LogP contribution in [0.4, 0.5) is 5.69 Å². The van der Waals surface area contributed by atoms with E-state index in [-0.39, 0.29) is 18.2 Å². The van der Waals surface area contributed by atoms with Gasteiger partial charge in [0, 0.05) is 46.4 Å². The van der Waals surface area contributed by atoms with Crippen molar-refractivity contribution in [3.8, 4) is 23.1 Å². The molecule has 0 saturated carbocycles. The van der Waals surface area contributed by atoms with Crippen LogP contribution in [-0.4, -0.2) is 38.2 Å². The number of nitrogens with zero attached hydrogens (tertiary/aromatic N) is 5. The zero-order valence-electron chi connectivity index (χ0n) is 21.6. The van der Waals surface area contributed by atoms with Crippen molar-refractivity contribution < 1.29 is 19.2 Å². The summed E-state index contributed by atoms with van der Waals surface area (Å²) in [5, 5.41) is 15.8. The molecule has 11 nitrogen and oxygen atoms in total. The lowest BCUT2D eigenvalue weighted by Crippen LogP contribution is -2.24. The number of rotatable bonds is 9. The molecule has 0 fully saturated rings. The van der Waals surface area contributed by atoms with E-state index in [0.29, 0.717) is 17.0 Å². The second-order valence-electron chi connectivity index (χ2n) is 8.78. The van der Waals surface area contributed by atoms with Gasteiger partial charge in [0.2, 0.25) is 5.88 Å². The van der Waals surface area contributed by atoms with Crippen LogP contribution in [0.3, 0.4) is 0 Å². The number of fused-ring (bicyclic) bond motifs is 1. The first-order valence-corrected chi connectivity index (χ1v) is 12.2. The van der Waals surface area contributed by atoms with E-state index >= 15 is 0 Å². The summed E-state index contributed by atoms with van der Waals surface area (Å²) < 4.78 is 13.4. The summed E-state index contributed by atoms with van der Waals surface area (Å²) in [4.78, 5) is 30.9. The maximum atomic E-state index is 12.3. The van der Waals surface area contributed by atoms with Gasteiger partial charge < -0.3 is 14.0 Å². The zero-order valence-corrected chi connectivity index (χ0v) is 21.6. The van der Waals surface area contributed by atoms with Crippen LogP contribution in [0.2, 0.25) is 0 Å². The Morgan fingerprint density at radius 1 is 1.07 bits per heavy atom. The number of carbonyl (C=O) groups excluding carboxylic acids is 1. The van der Waals surface area contributed by atoms with E-state index in [4.69, 9.17) is 9.47 Å². The molecule has 0 aliphatic heterocycles. The van der Waals surface area contributed by atoms with Crippen molar-refractivity contribution in [3.05, 3.63) is 112 Å². The highest BCUT2D eigenvalue weighted by Crippen LogP contribution is 2.25. The fourth-order valence-corrected chi connectivity index (χ4v) is 4.18. The van der Waals surface area contributed by atoms with Gasteiger partial charge in [-0.3, -0.25) is 19.9 Å². The standard InChI is InChI=1S/C29H24N6O5/c1-19-15-22(16-32-33-27(36)18-39-26-7-3-5-21-6-4-14-30-29(21)26)20(2)34(19)23-8-11-25(12-9-23)40-28-13-10-24(17-31-28)35(37)38/h3-17H,18H2,1-2H3,(H,33,36)/b32-16-. The number of nitrogens with one attached hydrogen (secondary N) is 1. The number of hydrogen-bond acceptors (Lipinski definition) is 8. The minimum atomic E-state index is -0.514. The molecule has 0 aliphatic carbocycles. The highest BCUT2D eigenvalue weighted by molar-refractivity contribution is 5.86. The van der Waals surface area contributed by atoms with Crippen molar-refractivity contribution in [3.63, 3.8) is 0 Å². The van der Waals surface area contributed by atoms with Gasteiger partial charge in [0.1, 0.15) is 23.2 Å². The minimum Gasteiger partial charge on any atom is -0.481 e. The molecule has 5 aromatic rings. The van der Waals surface area contributed by atoms with Crippen molar-refractivity contribution >= 4 is 28.7 Å². The smallest absolute Gasteiger partial charge is 0.287 e. The molecule has 5 rings (SSSR count). The topological polar surface area (TPSA) is 134 Å². The van der Waals surface area contributed by atoms with Crippen LogP contribution >= 0.6 is 0 Å². The molecule has 3 heterocycles. The van der Waals surface area contributed by atoms with Crippen LogP contribution in [-0.2, 0) is 4.79 Å². The van der Waals surface area contributed by atoms with E-state index in [1.165, 1.54) is 12.1 Å². The van der Waals surface area contributed by atoms with E-state index in [2.05, 4.69) is 20.5 Å².